The number of halogens is 3. The summed E-state index contributed by atoms with van der Waals surface area (Å²) in [6, 6.07) is 6.20. The number of amides is 2. The fourth-order valence-corrected chi connectivity index (χ4v) is 3.58. The lowest BCUT2D eigenvalue weighted by Gasteiger charge is -2.36. The van der Waals surface area contributed by atoms with Gasteiger partial charge < -0.3 is 5.11 Å². The van der Waals surface area contributed by atoms with Crippen LogP contribution in [0, 0.1) is 24.4 Å². The Labute approximate surface area is 176 Å². The van der Waals surface area contributed by atoms with Crippen molar-refractivity contribution in [2.24, 2.45) is 9.98 Å². The molecule has 0 radical (unpaired) electrons. The molecule has 2 aromatic rings. The zero-order valence-corrected chi connectivity index (χ0v) is 16.9. The highest BCUT2D eigenvalue weighted by molar-refractivity contribution is 6.16. The third kappa shape index (κ3) is 3.74. The summed E-state index contributed by atoms with van der Waals surface area (Å²) >= 11 is 0. The summed E-state index contributed by atoms with van der Waals surface area (Å²) in [6.45, 7) is 1.93. The number of aryl methyl sites for hydroxylation is 1. The van der Waals surface area contributed by atoms with Crippen LogP contribution in [0.1, 0.15) is 22.7 Å². The Morgan fingerprint density at radius 1 is 1.23 bits per heavy atom. The molecule has 10 heteroatoms. The zero-order valence-electron chi connectivity index (χ0n) is 16.9. The molecule has 2 aliphatic heterocycles. The molecule has 0 saturated carbocycles. The van der Waals surface area contributed by atoms with Crippen LogP contribution >= 0.6 is 0 Å². The van der Waals surface area contributed by atoms with Crippen LogP contribution < -0.4 is 5.32 Å². The Bertz CT molecular complexity index is 1100. The fourth-order valence-electron chi connectivity index (χ4n) is 3.58. The number of hydrogen-bond acceptors (Lipinski definition) is 4. The summed E-state index contributed by atoms with van der Waals surface area (Å²) < 4.78 is 41.2. The van der Waals surface area contributed by atoms with Crippen LogP contribution in [0.25, 0.3) is 0 Å². The van der Waals surface area contributed by atoms with E-state index in [1.165, 1.54) is 11.9 Å². The number of carbonyl (C=O) groups excluding carboxylic acids is 1. The number of guanidine groups is 2. The summed E-state index contributed by atoms with van der Waals surface area (Å²) in [4.78, 5) is 24.2. The van der Waals surface area contributed by atoms with E-state index < -0.39 is 29.5 Å². The normalized spacial score (nSPS) is 19.5. The van der Waals surface area contributed by atoms with E-state index in [9.17, 15) is 23.1 Å². The number of aliphatic imine (C=N–C) groups is 2. The number of fused-ring (bicyclic) bond motifs is 1. The van der Waals surface area contributed by atoms with Gasteiger partial charge in [0, 0.05) is 13.7 Å². The van der Waals surface area contributed by atoms with Crippen molar-refractivity contribution >= 4 is 23.6 Å². The monoisotopic (exact) mass is 431 g/mol. The van der Waals surface area contributed by atoms with Gasteiger partial charge in [-0.15, -0.1) is 0 Å². The highest BCUT2D eigenvalue weighted by atomic mass is 19.2. The van der Waals surface area contributed by atoms with Crippen molar-refractivity contribution < 1.29 is 23.1 Å². The molecule has 31 heavy (non-hydrogen) atoms. The van der Waals surface area contributed by atoms with E-state index in [0.717, 1.165) is 23.3 Å². The number of hydrogen-bond donors (Lipinski definition) is 2. The van der Waals surface area contributed by atoms with Gasteiger partial charge in [-0.2, -0.15) is 0 Å². The molecule has 7 nitrogen and oxygen atoms in total. The predicted molar refractivity (Wildman–Crippen MR) is 109 cm³/mol. The van der Waals surface area contributed by atoms with E-state index in [0.29, 0.717) is 12.1 Å². The second-order valence-electron chi connectivity index (χ2n) is 7.34. The molecule has 1 fully saturated rings. The summed E-state index contributed by atoms with van der Waals surface area (Å²) in [7, 11) is 1.51. The maximum Gasteiger partial charge on any atom is 0.330 e. The van der Waals surface area contributed by atoms with Crippen molar-refractivity contribution in [1.29, 1.82) is 0 Å². The highest BCUT2D eigenvalue weighted by Crippen LogP contribution is 2.32. The lowest BCUT2D eigenvalue weighted by Crippen LogP contribution is -2.61. The van der Waals surface area contributed by atoms with E-state index in [4.69, 9.17) is 0 Å². The Morgan fingerprint density at radius 2 is 1.94 bits per heavy atom. The van der Waals surface area contributed by atoms with Gasteiger partial charge in [-0.25, -0.2) is 28.0 Å². The Hall–Kier alpha value is -3.40. The Kier molecular flexibility index (Phi) is 5.40. The van der Waals surface area contributed by atoms with Crippen molar-refractivity contribution in [3.8, 4) is 0 Å². The minimum Gasteiger partial charge on any atom is -0.396 e. The summed E-state index contributed by atoms with van der Waals surface area (Å²) in [5, 5.41) is 11.9. The molecule has 2 aromatic carbocycles. The first-order valence-electron chi connectivity index (χ1n) is 9.62. The van der Waals surface area contributed by atoms with Crippen LogP contribution in [0.2, 0.25) is 0 Å². The second kappa shape index (κ2) is 8.03. The first-order valence-corrected chi connectivity index (χ1v) is 9.62. The first kappa shape index (κ1) is 20.9. The van der Waals surface area contributed by atoms with E-state index in [1.54, 1.807) is 11.0 Å². The zero-order chi connectivity index (χ0) is 22.3. The lowest BCUT2D eigenvalue weighted by molar-refractivity contribution is 0.222. The van der Waals surface area contributed by atoms with Gasteiger partial charge in [-0.05, 0) is 48.2 Å². The summed E-state index contributed by atoms with van der Waals surface area (Å²) in [6.07, 6.45) is 0.445. The largest absolute Gasteiger partial charge is 0.396 e. The average Bonchev–Trinajstić information content (AvgIpc) is 3.18. The molecule has 2 heterocycles. The van der Waals surface area contributed by atoms with Crippen LogP contribution in [0.15, 0.2) is 40.3 Å². The van der Waals surface area contributed by atoms with Gasteiger partial charge in [0.05, 0.1) is 18.3 Å². The van der Waals surface area contributed by atoms with E-state index in [-0.39, 0.29) is 30.6 Å². The molecule has 1 unspecified atom stereocenters. The third-order valence-electron chi connectivity index (χ3n) is 5.28. The smallest absolute Gasteiger partial charge is 0.330 e. The minimum atomic E-state index is -1.54. The molecule has 1 atom stereocenters. The van der Waals surface area contributed by atoms with Crippen molar-refractivity contribution in [3.05, 3.63) is 64.5 Å². The topological polar surface area (TPSA) is 80.5 Å². The molecule has 4 rings (SSSR count). The van der Waals surface area contributed by atoms with Gasteiger partial charge in [0.1, 0.15) is 0 Å². The lowest BCUT2D eigenvalue weighted by atomic mass is 10.1. The summed E-state index contributed by atoms with van der Waals surface area (Å²) in [5.74, 6) is -3.74. The van der Waals surface area contributed by atoms with E-state index >= 15 is 0 Å². The second-order valence-corrected chi connectivity index (χ2v) is 7.34. The number of nitrogens with one attached hydrogen (secondary N) is 1. The molecule has 1 saturated heterocycles. The van der Waals surface area contributed by atoms with Crippen LogP contribution in [-0.4, -0.2) is 53.1 Å². The van der Waals surface area contributed by atoms with Crippen LogP contribution in [-0.2, 0) is 6.42 Å². The number of rotatable bonds is 4. The van der Waals surface area contributed by atoms with Crippen LogP contribution in [0.3, 0.4) is 0 Å². The molecule has 2 amide bonds. The van der Waals surface area contributed by atoms with Gasteiger partial charge in [-0.3, -0.25) is 15.1 Å². The van der Waals surface area contributed by atoms with E-state index in [1.807, 2.05) is 19.1 Å². The van der Waals surface area contributed by atoms with Gasteiger partial charge in [0.15, 0.2) is 17.5 Å². The maximum atomic E-state index is 13.9. The molecule has 0 aromatic heterocycles. The van der Waals surface area contributed by atoms with Crippen molar-refractivity contribution in [3.63, 3.8) is 0 Å². The highest BCUT2D eigenvalue weighted by Gasteiger charge is 2.41. The fraction of sp³-hybridized carbons (Fsp3) is 0.286. The molecular weight excluding hydrogens is 411 g/mol. The van der Waals surface area contributed by atoms with Crippen molar-refractivity contribution in [2.75, 3.05) is 20.2 Å². The average molecular weight is 431 g/mol. The SMILES string of the molecule is Cc1ccc(CCO)cc1N=C1NC(=O)N(C)C2=NCC(c3cc(F)c(F)c(F)c3)N12. The minimum absolute atomic E-state index is 0.0205. The number of urea groups is 1. The number of aliphatic hydroxyl groups is 1. The molecule has 0 spiro atoms. The standard InChI is InChI=1S/C21H20F3N5O2/c1-11-3-4-12(5-6-30)7-16(11)26-19-27-21(31)28(2)20-25-10-17(29(19)20)13-8-14(22)18(24)15(23)9-13/h3-4,7-9,17,30H,5-6,10H2,1-2H3,(H,26,27,31). The quantitative estimate of drug-likeness (QED) is 0.731. The van der Waals surface area contributed by atoms with Crippen LogP contribution in [0.5, 0.6) is 0 Å². The number of nitrogens with zero attached hydrogens (tertiary/aromatic N) is 4. The summed E-state index contributed by atoms with van der Waals surface area (Å²) in [5.41, 5.74) is 2.42. The third-order valence-corrected chi connectivity index (χ3v) is 5.28. The first-order chi connectivity index (χ1) is 14.8. The van der Waals surface area contributed by atoms with Gasteiger partial charge >= 0.3 is 6.03 Å². The molecular formula is C21H20F3N5O2. The number of benzene rings is 2. The molecule has 0 bridgehead atoms. The maximum absolute atomic E-state index is 13.9. The molecule has 0 aliphatic carbocycles. The molecule has 2 aliphatic rings. The Morgan fingerprint density at radius 3 is 2.61 bits per heavy atom. The van der Waals surface area contributed by atoms with Crippen molar-refractivity contribution in [2.45, 2.75) is 19.4 Å². The van der Waals surface area contributed by atoms with Crippen LogP contribution in [0.4, 0.5) is 23.7 Å². The predicted octanol–water partition coefficient (Wildman–Crippen LogP) is 3.00. The molecule has 162 valence electrons. The molecule has 2 N–H and O–H groups in total. The van der Waals surface area contributed by atoms with Crippen molar-refractivity contribution in [1.82, 2.24) is 15.1 Å². The Balaban J connectivity index is 1.79. The van der Waals surface area contributed by atoms with E-state index in [2.05, 4.69) is 15.3 Å². The number of aliphatic hydroxyl groups excluding tert-OH is 1. The van der Waals surface area contributed by atoms with Gasteiger partial charge in [0.25, 0.3) is 0 Å². The van der Waals surface area contributed by atoms with Gasteiger partial charge in [-0.1, -0.05) is 12.1 Å². The number of carbonyl (C=O) groups is 1. The van der Waals surface area contributed by atoms with Gasteiger partial charge in [0.2, 0.25) is 11.9 Å².